The van der Waals surface area contributed by atoms with Crippen LogP contribution in [0.2, 0.25) is 0 Å². The molecule has 0 aliphatic carbocycles. The minimum Gasteiger partial charge on any atom is -0.391 e. The number of hydrazone groups is 1. The smallest absolute Gasteiger partial charge is 0.162 e. The lowest BCUT2D eigenvalue weighted by atomic mass is 10.1. The number of morpholine rings is 1. The van der Waals surface area contributed by atoms with E-state index in [0.29, 0.717) is 13.2 Å². The van der Waals surface area contributed by atoms with Crippen molar-refractivity contribution in [1.29, 1.82) is 0 Å². The minimum atomic E-state index is 0.0310. The van der Waals surface area contributed by atoms with Crippen LogP contribution in [0.15, 0.2) is 35.4 Å². The summed E-state index contributed by atoms with van der Waals surface area (Å²) in [6, 6.07) is 10.1. The number of nitrogens with zero attached hydrogens (tertiary/aromatic N) is 4. The van der Waals surface area contributed by atoms with Crippen molar-refractivity contribution in [2.45, 2.75) is 20.5 Å². The lowest BCUT2D eigenvalue weighted by Gasteiger charge is -2.28. The second-order valence-electron chi connectivity index (χ2n) is 6.28. The van der Waals surface area contributed by atoms with Gasteiger partial charge in [0.05, 0.1) is 30.0 Å². The Hall–Kier alpha value is -2.55. The van der Waals surface area contributed by atoms with Crippen LogP contribution in [0.3, 0.4) is 0 Å². The van der Waals surface area contributed by atoms with E-state index in [-0.39, 0.29) is 6.61 Å². The molecule has 148 valence electrons. The summed E-state index contributed by atoms with van der Waals surface area (Å²) in [7, 11) is 0. The number of benzene rings is 1. The van der Waals surface area contributed by atoms with Gasteiger partial charge in [-0.25, -0.2) is 9.97 Å². The molecule has 3 N–H and O–H groups in total. The second-order valence-corrected chi connectivity index (χ2v) is 7.41. The first kappa shape index (κ1) is 20.2. The van der Waals surface area contributed by atoms with Gasteiger partial charge in [0, 0.05) is 29.7 Å². The van der Waals surface area contributed by atoms with Crippen LogP contribution >= 0.6 is 11.3 Å². The van der Waals surface area contributed by atoms with Crippen LogP contribution in [-0.4, -0.2) is 47.6 Å². The van der Waals surface area contributed by atoms with Gasteiger partial charge in [-0.1, -0.05) is 24.3 Å². The molecule has 1 aliphatic heterocycles. The maximum atomic E-state index is 9.50. The summed E-state index contributed by atoms with van der Waals surface area (Å²) in [6.45, 7) is 6.94. The molecule has 1 aromatic carbocycles. The predicted octanol–water partition coefficient (Wildman–Crippen LogP) is 2.95. The van der Waals surface area contributed by atoms with Crippen molar-refractivity contribution in [2.75, 3.05) is 31.2 Å². The third kappa shape index (κ3) is 4.46. The average Bonchev–Trinajstić information content (AvgIpc) is 3.17. The van der Waals surface area contributed by atoms with Crippen molar-refractivity contribution in [3.63, 3.8) is 0 Å². The summed E-state index contributed by atoms with van der Waals surface area (Å²) < 4.78 is 6.51. The number of aliphatic hydroxyl groups is 1. The van der Waals surface area contributed by atoms with E-state index in [9.17, 15) is 5.11 Å². The predicted molar refractivity (Wildman–Crippen MR) is 115 cm³/mol. The van der Waals surface area contributed by atoms with Crippen molar-refractivity contribution in [2.24, 2.45) is 10.9 Å². The van der Waals surface area contributed by atoms with Gasteiger partial charge in [-0.2, -0.15) is 5.10 Å². The van der Waals surface area contributed by atoms with E-state index in [1.54, 1.807) is 18.3 Å². The van der Waals surface area contributed by atoms with Gasteiger partial charge in [0.15, 0.2) is 11.6 Å². The Labute approximate surface area is 168 Å². The Morgan fingerprint density at radius 3 is 2.64 bits per heavy atom. The number of ether oxygens (including phenoxy) is 1. The van der Waals surface area contributed by atoms with Gasteiger partial charge in [0.1, 0.15) is 0 Å². The fourth-order valence-corrected chi connectivity index (χ4v) is 3.95. The molecule has 0 amide bonds. The highest BCUT2D eigenvalue weighted by molar-refractivity contribution is 7.19. The van der Waals surface area contributed by atoms with Crippen LogP contribution < -0.4 is 10.7 Å². The largest absolute Gasteiger partial charge is 0.391 e. The van der Waals surface area contributed by atoms with E-state index in [1.165, 1.54) is 6.21 Å². The fraction of sp³-hybridized carbons (Fsp3) is 0.350. The number of aryl methyl sites for hydroxylation is 1. The van der Waals surface area contributed by atoms with E-state index < -0.39 is 0 Å². The zero-order valence-electron chi connectivity index (χ0n) is 16.1. The van der Waals surface area contributed by atoms with Crippen molar-refractivity contribution in [3.8, 4) is 11.4 Å². The molecule has 7 nitrogen and oxygen atoms in total. The fourth-order valence-electron chi connectivity index (χ4n) is 2.98. The quantitative estimate of drug-likeness (QED) is 0.399. The number of hydrogen-bond donors (Lipinski definition) is 2. The number of thiophene rings is 1. The van der Waals surface area contributed by atoms with E-state index >= 15 is 0 Å². The first-order valence-electron chi connectivity index (χ1n) is 9.15. The third-order valence-corrected chi connectivity index (χ3v) is 5.51. The van der Waals surface area contributed by atoms with Gasteiger partial charge in [0.25, 0.3) is 0 Å². The maximum Gasteiger partial charge on any atom is 0.162 e. The molecule has 4 rings (SSSR count). The van der Waals surface area contributed by atoms with Gasteiger partial charge in [-0.3, -0.25) is 0 Å². The summed E-state index contributed by atoms with van der Waals surface area (Å²) in [5, 5.41) is 12.6. The van der Waals surface area contributed by atoms with E-state index in [1.807, 2.05) is 18.2 Å². The van der Waals surface area contributed by atoms with Gasteiger partial charge >= 0.3 is 0 Å². The minimum absolute atomic E-state index is 0.0310. The molecule has 0 radical (unpaired) electrons. The SMILES string of the molecule is C/C=N\N.Cc1ccccc1-c1nc(N2CCOCC2)c2sc(CO)cc2n1. The number of aliphatic hydroxyl groups excluding tert-OH is 1. The van der Waals surface area contributed by atoms with E-state index in [4.69, 9.17) is 14.7 Å². The molecule has 0 atom stereocenters. The number of aromatic nitrogens is 2. The monoisotopic (exact) mass is 399 g/mol. The number of fused-ring (bicyclic) bond motifs is 1. The Balaban J connectivity index is 0.000000516. The van der Waals surface area contributed by atoms with Gasteiger partial charge in [0.2, 0.25) is 0 Å². The lowest BCUT2D eigenvalue weighted by Crippen LogP contribution is -2.36. The molecule has 28 heavy (non-hydrogen) atoms. The highest BCUT2D eigenvalue weighted by Gasteiger charge is 2.20. The van der Waals surface area contributed by atoms with E-state index in [2.05, 4.69) is 34.9 Å². The molecule has 0 unspecified atom stereocenters. The summed E-state index contributed by atoms with van der Waals surface area (Å²) >= 11 is 1.57. The topological polar surface area (TPSA) is 96.9 Å². The van der Waals surface area contributed by atoms with Gasteiger partial charge in [-0.15, -0.1) is 11.3 Å². The lowest BCUT2D eigenvalue weighted by molar-refractivity contribution is 0.122. The molecule has 0 bridgehead atoms. The Morgan fingerprint density at radius 1 is 1.29 bits per heavy atom. The van der Waals surface area contributed by atoms with Gasteiger partial charge < -0.3 is 20.6 Å². The van der Waals surface area contributed by atoms with Crippen molar-refractivity contribution in [3.05, 3.63) is 40.8 Å². The van der Waals surface area contributed by atoms with Gasteiger partial charge in [-0.05, 0) is 25.5 Å². The van der Waals surface area contributed by atoms with Crippen LogP contribution in [0.1, 0.15) is 17.4 Å². The maximum absolute atomic E-state index is 9.50. The van der Waals surface area contributed by atoms with Crippen molar-refractivity contribution in [1.82, 2.24) is 9.97 Å². The molecule has 0 spiro atoms. The number of rotatable bonds is 3. The molecular formula is C20H25N5O2S. The zero-order valence-corrected chi connectivity index (χ0v) is 16.9. The Kier molecular flexibility index (Phi) is 6.91. The highest BCUT2D eigenvalue weighted by Crippen LogP contribution is 2.34. The van der Waals surface area contributed by atoms with Crippen LogP contribution in [0.5, 0.6) is 0 Å². The molecule has 1 saturated heterocycles. The second kappa shape index (κ2) is 9.59. The van der Waals surface area contributed by atoms with Crippen LogP contribution in [0.25, 0.3) is 21.6 Å². The Bertz CT molecular complexity index is 947. The van der Waals surface area contributed by atoms with E-state index in [0.717, 1.165) is 51.0 Å². The molecule has 3 aromatic rings. The summed E-state index contributed by atoms with van der Waals surface area (Å²) in [5.74, 6) is 6.29. The average molecular weight is 400 g/mol. The first-order valence-corrected chi connectivity index (χ1v) is 9.97. The van der Waals surface area contributed by atoms with Crippen molar-refractivity contribution < 1.29 is 9.84 Å². The summed E-state index contributed by atoms with van der Waals surface area (Å²) in [5.41, 5.74) is 3.10. The Morgan fingerprint density at radius 2 is 2.00 bits per heavy atom. The molecule has 0 saturated carbocycles. The molecule has 8 heteroatoms. The molecule has 3 heterocycles. The van der Waals surface area contributed by atoms with Crippen molar-refractivity contribution >= 4 is 33.6 Å². The number of hydrogen-bond acceptors (Lipinski definition) is 8. The van der Waals surface area contributed by atoms with Crippen LogP contribution in [0, 0.1) is 6.92 Å². The number of anilines is 1. The zero-order chi connectivity index (χ0) is 19.9. The highest BCUT2D eigenvalue weighted by atomic mass is 32.1. The molecule has 2 aromatic heterocycles. The van der Waals surface area contributed by atoms with Crippen LogP contribution in [0.4, 0.5) is 5.82 Å². The normalized spacial score (nSPS) is 14.3. The van der Waals surface area contributed by atoms with Crippen LogP contribution in [-0.2, 0) is 11.3 Å². The molecule has 1 aliphatic rings. The third-order valence-electron chi connectivity index (χ3n) is 4.41. The summed E-state index contributed by atoms with van der Waals surface area (Å²) in [6.07, 6.45) is 1.53. The molecular weight excluding hydrogens is 374 g/mol. The molecule has 1 fully saturated rings. The number of nitrogens with two attached hydrogens (primary N) is 1. The summed E-state index contributed by atoms with van der Waals surface area (Å²) in [4.78, 5) is 12.8. The first-order chi connectivity index (χ1) is 13.7. The standard InChI is InChI=1S/C18H19N3O2S.C2H6N2/c1-12-4-2-3-5-14(12)17-19-15-10-13(11-22)24-16(15)18(20-17)21-6-8-23-9-7-21;1-2-4-3/h2-5,10,22H,6-9,11H2,1H3;2H,3H2,1H3/b;4-2-.